The Morgan fingerprint density at radius 2 is 1.72 bits per heavy atom. The number of fused-ring (bicyclic) bond motifs is 4. The number of rotatable bonds is 4. The molecule has 218 valence electrons. The van der Waals surface area contributed by atoms with E-state index in [1.165, 1.54) is 13.3 Å². The van der Waals surface area contributed by atoms with E-state index >= 15 is 4.39 Å². The van der Waals surface area contributed by atoms with E-state index in [0.717, 1.165) is 40.7 Å². The monoisotopic (exact) mass is 653 g/mol. The van der Waals surface area contributed by atoms with Crippen LogP contribution in [0.5, 0.6) is 5.75 Å². The fraction of sp³-hybridized carbons (Fsp3) is 0.290. The Balaban J connectivity index is 0.000000223. The third-order valence-corrected chi connectivity index (χ3v) is 7.59. The number of carboxylic acids is 1. The molecule has 0 radical (unpaired) electrons. The Hall–Kier alpha value is -3.66. The summed E-state index contributed by atoms with van der Waals surface area (Å²) in [5, 5.41) is 17.0. The molecule has 1 N–H and O–H groups in total. The van der Waals surface area contributed by atoms with E-state index < -0.39 is 22.8 Å². The molecule has 2 aliphatic rings. The van der Waals surface area contributed by atoms with Gasteiger partial charge in [-0.2, -0.15) is 0 Å². The van der Waals surface area contributed by atoms with Gasteiger partial charge in [0.25, 0.3) is 0 Å². The Bertz CT molecular complexity index is 1810. The van der Waals surface area contributed by atoms with Gasteiger partial charge in [-0.15, -0.1) is 0 Å². The molecule has 7 rings (SSSR count). The van der Waals surface area contributed by atoms with Crippen molar-refractivity contribution in [3.63, 3.8) is 0 Å². The van der Waals surface area contributed by atoms with Crippen molar-refractivity contribution in [3.8, 4) is 5.75 Å². The fourth-order valence-electron chi connectivity index (χ4n) is 5.53. The van der Waals surface area contributed by atoms with Crippen molar-refractivity contribution in [2.24, 2.45) is 0 Å². The number of pyridine rings is 3. The number of carboxylic acid groups (broad SMARTS) is 1. The van der Waals surface area contributed by atoms with Gasteiger partial charge >= 0.3 is 19.5 Å². The average Bonchev–Trinajstić information content (AvgIpc) is 3.83. The third kappa shape index (κ3) is 6.21. The number of aromatic carboxylic acids is 1. The average molecular weight is 655 g/mol. The fourth-order valence-corrected chi connectivity index (χ4v) is 5.53. The minimum Gasteiger partial charge on any atom is -1.00 e. The number of carbonyl (C=O) groups excluding carboxylic acids is 1. The van der Waals surface area contributed by atoms with Gasteiger partial charge < -0.3 is 41.8 Å². The Labute approximate surface area is 266 Å². The number of aromatic nitrogens is 3. The van der Waals surface area contributed by atoms with Gasteiger partial charge in [-0.3, -0.25) is 14.8 Å². The van der Waals surface area contributed by atoms with Crippen LogP contribution in [0.25, 0.3) is 32.7 Å². The summed E-state index contributed by atoms with van der Waals surface area (Å²) in [6.07, 6.45) is 6.64. The van der Waals surface area contributed by atoms with Gasteiger partial charge in [0.05, 0.1) is 40.6 Å². The maximum Gasteiger partial charge on any atom is 2.00 e. The first-order valence-corrected chi connectivity index (χ1v) is 13.6. The van der Waals surface area contributed by atoms with E-state index in [0.29, 0.717) is 30.8 Å². The minimum atomic E-state index is -1.56. The van der Waals surface area contributed by atoms with Gasteiger partial charge in [-0.1, -0.05) is 24.3 Å². The predicted octanol–water partition coefficient (Wildman–Crippen LogP) is 0.430. The second-order valence-electron chi connectivity index (χ2n) is 10.5. The number of hydrogen-bond donors (Lipinski definition) is 1. The van der Waals surface area contributed by atoms with Gasteiger partial charge in [0, 0.05) is 61.1 Å². The summed E-state index contributed by atoms with van der Waals surface area (Å²) < 4.78 is 22.4. The van der Waals surface area contributed by atoms with Gasteiger partial charge in [0.1, 0.15) is 5.69 Å². The van der Waals surface area contributed by atoms with Gasteiger partial charge in [0.15, 0.2) is 17.0 Å². The molecule has 2 fully saturated rings. The van der Waals surface area contributed by atoms with Crippen molar-refractivity contribution in [3.05, 3.63) is 82.7 Å². The van der Waals surface area contributed by atoms with Crippen LogP contribution in [0.3, 0.4) is 0 Å². The summed E-state index contributed by atoms with van der Waals surface area (Å²) in [7, 11) is 1.44. The third-order valence-electron chi connectivity index (χ3n) is 7.59. The minimum absolute atomic E-state index is 0. The summed E-state index contributed by atoms with van der Waals surface area (Å²) in [5.74, 6) is -1.88. The second kappa shape index (κ2) is 13.3. The zero-order valence-electron chi connectivity index (χ0n) is 23.8. The first-order chi connectivity index (χ1) is 19.9. The summed E-state index contributed by atoms with van der Waals surface area (Å²) in [6, 6.07) is 13.5. The van der Waals surface area contributed by atoms with Crippen molar-refractivity contribution >= 4 is 44.4 Å². The summed E-state index contributed by atoms with van der Waals surface area (Å²) in [4.78, 5) is 34.6. The maximum atomic E-state index is 15.1. The van der Waals surface area contributed by atoms with E-state index in [-0.39, 0.29) is 55.1 Å². The number of piperazine rings is 1. The Kier molecular flexibility index (Phi) is 10.00. The molecule has 1 saturated carbocycles. The van der Waals surface area contributed by atoms with Gasteiger partial charge in [-0.25, -0.2) is 4.39 Å². The normalized spacial score (nSPS) is 16.2. The van der Waals surface area contributed by atoms with E-state index in [9.17, 15) is 14.7 Å². The molecule has 2 aromatic carbocycles. The standard InChI is InChI=1S/C19H22FN3O4.C12H8N2.ClH.Zn/c1-10-8-22(6-5-21-10)16-14(20)7-12-15(18(16)27-2)23(11-3-4-11)9-13(17(12)24)19(25)26;1-3-9-5-6-10-4-2-8-14-12(10)11(9)13-7-1;;/h7,9-11,21H,3-6,8H2,1-2H3,(H,25,26);1-8H;1H;/q;;;+2/p-2. The number of anilines is 1. The largest absolute Gasteiger partial charge is 2.00 e. The molecule has 1 saturated heterocycles. The van der Waals surface area contributed by atoms with Crippen LogP contribution in [0.2, 0.25) is 0 Å². The first-order valence-electron chi connectivity index (χ1n) is 13.6. The van der Waals surface area contributed by atoms with Crippen LogP contribution in [-0.2, 0) is 19.5 Å². The molecular weight excluding hydrogens is 626 g/mol. The van der Waals surface area contributed by atoms with Crippen LogP contribution in [0.4, 0.5) is 10.1 Å². The topological polar surface area (TPSA) is 112 Å². The summed E-state index contributed by atoms with van der Waals surface area (Å²) in [5.41, 5.74) is 1.50. The van der Waals surface area contributed by atoms with Crippen molar-refractivity contribution < 1.29 is 50.9 Å². The van der Waals surface area contributed by atoms with Gasteiger partial charge in [-0.05, 0) is 38.0 Å². The number of hydrogen-bond acceptors (Lipinski definition) is 8. The van der Waals surface area contributed by atoms with Crippen LogP contribution in [-0.4, -0.2) is 53.3 Å². The molecule has 0 amide bonds. The molecule has 3 aromatic heterocycles. The summed E-state index contributed by atoms with van der Waals surface area (Å²) >= 11 is 0. The van der Waals surface area contributed by atoms with Crippen LogP contribution in [0.15, 0.2) is 65.8 Å². The smallest absolute Gasteiger partial charge is 1.00 e. The zero-order chi connectivity index (χ0) is 28.7. The molecule has 4 heterocycles. The molecule has 1 atom stereocenters. The van der Waals surface area contributed by atoms with Crippen LogP contribution >= 0.6 is 0 Å². The molecular formula is C31H29ClFN5O4Zn. The Morgan fingerprint density at radius 1 is 1.09 bits per heavy atom. The van der Waals surface area contributed by atoms with Crippen molar-refractivity contribution in [1.29, 1.82) is 0 Å². The number of carbonyl (C=O) groups is 1. The van der Waals surface area contributed by atoms with E-state index in [1.54, 1.807) is 17.0 Å². The van der Waals surface area contributed by atoms with E-state index in [1.807, 2.05) is 24.0 Å². The molecule has 12 heteroatoms. The predicted molar refractivity (Wildman–Crippen MR) is 154 cm³/mol. The van der Waals surface area contributed by atoms with Crippen LogP contribution in [0.1, 0.15) is 36.2 Å². The van der Waals surface area contributed by atoms with Crippen LogP contribution in [0, 0.1) is 5.82 Å². The molecule has 43 heavy (non-hydrogen) atoms. The van der Waals surface area contributed by atoms with Crippen molar-refractivity contribution in [2.45, 2.75) is 31.8 Å². The molecule has 1 unspecified atom stereocenters. The molecule has 0 bridgehead atoms. The van der Waals surface area contributed by atoms with Gasteiger partial charge in [0.2, 0.25) is 0 Å². The molecule has 1 aliphatic carbocycles. The number of nitrogens with one attached hydrogen (secondary N) is 1. The molecule has 9 nitrogen and oxygen atoms in total. The Morgan fingerprint density at radius 3 is 2.26 bits per heavy atom. The first kappa shape index (κ1) is 32.3. The number of methoxy groups -OCH3 is 1. The van der Waals surface area contributed by atoms with Crippen molar-refractivity contribution in [2.75, 3.05) is 31.6 Å². The second-order valence-corrected chi connectivity index (χ2v) is 10.5. The molecule has 1 aliphatic heterocycles. The molecule has 0 spiro atoms. The van der Waals surface area contributed by atoms with E-state index in [2.05, 4.69) is 39.6 Å². The maximum absolute atomic E-state index is 15.1. The van der Waals surface area contributed by atoms with Crippen molar-refractivity contribution in [1.82, 2.24) is 19.9 Å². The SMILES string of the molecule is COc1c(N2CCNC(C)C2)c(F)cc2c(=O)c(C(=O)[O-])cn(C3CC3)c12.[Cl-].[Zn+2].c1cnc2c(c1)ccc1cccnc12. The quantitative estimate of drug-likeness (QED) is 0.219. The molecule has 5 aromatic rings. The number of ether oxygens (including phenoxy) is 1. The van der Waals surface area contributed by atoms with E-state index in [4.69, 9.17) is 4.74 Å². The summed E-state index contributed by atoms with van der Waals surface area (Å²) in [6.45, 7) is 3.93. The van der Waals surface area contributed by atoms with Crippen LogP contribution < -0.4 is 37.9 Å². The number of halogens is 2. The number of benzene rings is 2. The number of nitrogens with zero attached hydrogens (tertiary/aromatic N) is 4. The zero-order valence-corrected chi connectivity index (χ0v) is 27.6.